The minimum atomic E-state index is 0.656. The number of nitrogens with zero attached hydrogens (tertiary/aromatic N) is 2. The lowest BCUT2D eigenvalue weighted by atomic mass is 9.98. The van der Waals surface area contributed by atoms with Crippen LogP contribution >= 0.6 is 0 Å². The van der Waals surface area contributed by atoms with E-state index in [2.05, 4.69) is 49.2 Å². The maximum Gasteiger partial charge on any atom is 0.0991 e. The lowest BCUT2D eigenvalue weighted by Gasteiger charge is -2.08. The van der Waals surface area contributed by atoms with Crippen LogP contribution in [0.25, 0.3) is 0 Å². The number of hydrogen-bond acceptors (Lipinski definition) is 2. The summed E-state index contributed by atoms with van der Waals surface area (Å²) in [5.74, 6) is 0.725. The Balaban J connectivity index is 2.02. The van der Waals surface area contributed by atoms with Crippen LogP contribution in [0.5, 0.6) is 0 Å². The summed E-state index contributed by atoms with van der Waals surface area (Å²) in [6.45, 7) is 4.50. The second kappa shape index (κ2) is 7.40. The summed E-state index contributed by atoms with van der Waals surface area (Å²) in [6.07, 6.45) is 4.19. The minimum Gasteiger partial charge on any atom is -0.256 e. The van der Waals surface area contributed by atoms with Crippen LogP contribution in [-0.4, -0.2) is 6.21 Å². The van der Waals surface area contributed by atoms with Gasteiger partial charge in [-0.1, -0.05) is 44.5 Å². The third kappa shape index (κ3) is 4.57. The summed E-state index contributed by atoms with van der Waals surface area (Å²) < 4.78 is 0. The molecule has 2 aromatic rings. The van der Waals surface area contributed by atoms with E-state index in [1.54, 1.807) is 12.1 Å². The molecule has 2 nitrogen and oxygen atoms in total. The van der Waals surface area contributed by atoms with Crippen LogP contribution < -0.4 is 0 Å². The van der Waals surface area contributed by atoms with Crippen molar-refractivity contribution in [3.8, 4) is 6.07 Å². The van der Waals surface area contributed by atoms with Gasteiger partial charge in [0.15, 0.2) is 0 Å². The van der Waals surface area contributed by atoms with E-state index in [-0.39, 0.29) is 0 Å². The Morgan fingerprint density at radius 2 is 1.76 bits per heavy atom. The average molecular weight is 276 g/mol. The van der Waals surface area contributed by atoms with E-state index in [1.165, 1.54) is 12.0 Å². The molecule has 0 saturated carbocycles. The normalized spacial score (nSPS) is 12.2. The van der Waals surface area contributed by atoms with Crippen LogP contribution in [0.4, 0.5) is 5.69 Å². The van der Waals surface area contributed by atoms with Gasteiger partial charge < -0.3 is 0 Å². The van der Waals surface area contributed by atoms with Crippen molar-refractivity contribution in [1.82, 2.24) is 0 Å². The van der Waals surface area contributed by atoms with E-state index < -0.39 is 0 Å². The van der Waals surface area contributed by atoms with Crippen molar-refractivity contribution in [2.75, 3.05) is 0 Å². The summed E-state index contributed by atoms with van der Waals surface area (Å²) in [5, 5.41) is 8.75. The Morgan fingerprint density at radius 3 is 2.33 bits per heavy atom. The van der Waals surface area contributed by atoms with Crippen LogP contribution in [0.1, 0.15) is 37.0 Å². The highest BCUT2D eigenvalue weighted by atomic mass is 14.7. The van der Waals surface area contributed by atoms with Crippen molar-refractivity contribution in [2.24, 2.45) is 10.9 Å². The van der Waals surface area contributed by atoms with Gasteiger partial charge in [0.25, 0.3) is 0 Å². The molecule has 0 aliphatic rings. The molecule has 106 valence electrons. The quantitative estimate of drug-likeness (QED) is 0.716. The van der Waals surface area contributed by atoms with E-state index in [0.717, 1.165) is 23.6 Å². The predicted octanol–water partition coefficient (Wildman–Crippen LogP) is 4.90. The molecule has 0 bridgehead atoms. The monoisotopic (exact) mass is 276 g/mol. The fourth-order valence-electron chi connectivity index (χ4n) is 2.06. The zero-order valence-corrected chi connectivity index (χ0v) is 12.6. The molecule has 2 heteroatoms. The Labute approximate surface area is 126 Å². The molecule has 0 saturated heterocycles. The van der Waals surface area contributed by atoms with Crippen molar-refractivity contribution in [3.63, 3.8) is 0 Å². The molecule has 1 atom stereocenters. The number of benzene rings is 2. The zero-order chi connectivity index (χ0) is 15.1. The van der Waals surface area contributed by atoms with E-state index in [1.807, 2.05) is 18.3 Å². The highest BCUT2D eigenvalue weighted by Crippen LogP contribution is 2.14. The molecule has 2 rings (SSSR count). The highest BCUT2D eigenvalue weighted by molar-refractivity contribution is 5.81. The molecule has 0 N–H and O–H groups in total. The molecule has 0 radical (unpaired) electrons. The molecule has 0 aliphatic heterocycles. The third-order valence-electron chi connectivity index (χ3n) is 3.62. The lowest BCUT2D eigenvalue weighted by Crippen LogP contribution is -1.97. The van der Waals surface area contributed by atoms with E-state index in [9.17, 15) is 0 Å². The Bertz CT molecular complexity index is 631. The zero-order valence-electron chi connectivity index (χ0n) is 12.6. The summed E-state index contributed by atoms with van der Waals surface area (Å²) in [4.78, 5) is 4.42. The van der Waals surface area contributed by atoms with E-state index in [0.29, 0.717) is 5.56 Å². The third-order valence-corrected chi connectivity index (χ3v) is 3.62. The smallest absolute Gasteiger partial charge is 0.0991 e. The summed E-state index contributed by atoms with van der Waals surface area (Å²) in [6, 6.07) is 17.9. The lowest BCUT2D eigenvalue weighted by molar-refractivity contribution is 0.560. The second-order valence-electron chi connectivity index (χ2n) is 5.38. The van der Waals surface area contributed by atoms with Crippen LogP contribution in [0.3, 0.4) is 0 Å². The first-order valence-corrected chi connectivity index (χ1v) is 7.34. The second-order valence-corrected chi connectivity index (χ2v) is 5.38. The van der Waals surface area contributed by atoms with Gasteiger partial charge >= 0.3 is 0 Å². The first-order valence-electron chi connectivity index (χ1n) is 7.34. The molecule has 0 amide bonds. The molecular formula is C19H20N2. The molecule has 0 spiro atoms. The van der Waals surface area contributed by atoms with Gasteiger partial charge in [-0.05, 0) is 47.7 Å². The van der Waals surface area contributed by atoms with Crippen LogP contribution in [0.15, 0.2) is 53.5 Å². The molecule has 0 aliphatic carbocycles. The van der Waals surface area contributed by atoms with Crippen LogP contribution in [0, 0.1) is 17.2 Å². The van der Waals surface area contributed by atoms with Crippen molar-refractivity contribution in [2.45, 2.75) is 26.7 Å². The van der Waals surface area contributed by atoms with Crippen LogP contribution in [-0.2, 0) is 6.42 Å². The van der Waals surface area contributed by atoms with E-state index >= 15 is 0 Å². The molecule has 21 heavy (non-hydrogen) atoms. The molecule has 0 heterocycles. The summed E-state index contributed by atoms with van der Waals surface area (Å²) in [7, 11) is 0. The van der Waals surface area contributed by atoms with Gasteiger partial charge in [-0.2, -0.15) is 5.26 Å². The van der Waals surface area contributed by atoms with Gasteiger partial charge in [-0.25, -0.2) is 0 Å². The predicted molar refractivity (Wildman–Crippen MR) is 88.0 cm³/mol. The fourth-order valence-corrected chi connectivity index (χ4v) is 2.06. The standard InChI is InChI=1S/C19H20N2/c1-3-15(2)12-16-4-6-18(7-5-16)14-21-19-10-8-17(13-20)9-11-19/h4-11,14-15H,3,12H2,1-2H3/t15-/m0/s1. The molecule has 0 aromatic heterocycles. The largest absolute Gasteiger partial charge is 0.256 e. The van der Waals surface area contributed by atoms with Gasteiger partial charge in [-0.15, -0.1) is 0 Å². The number of nitriles is 1. The first kappa shape index (κ1) is 15.0. The van der Waals surface area contributed by atoms with Gasteiger partial charge in [0.2, 0.25) is 0 Å². The van der Waals surface area contributed by atoms with Crippen molar-refractivity contribution < 1.29 is 0 Å². The SMILES string of the molecule is CC[C@H](C)Cc1ccc(C=Nc2ccc(C#N)cc2)cc1. The summed E-state index contributed by atoms with van der Waals surface area (Å²) >= 11 is 0. The van der Waals surface area contributed by atoms with Crippen molar-refractivity contribution in [3.05, 3.63) is 65.2 Å². The van der Waals surface area contributed by atoms with Crippen molar-refractivity contribution in [1.29, 1.82) is 5.26 Å². The maximum absolute atomic E-state index is 8.75. The highest BCUT2D eigenvalue weighted by Gasteiger charge is 2.00. The molecule has 0 unspecified atom stereocenters. The Morgan fingerprint density at radius 1 is 1.10 bits per heavy atom. The van der Waals surface area contributed by atoms with Gasteiger partial charge in [0.1, 0.15) is 0 Å². The van der Waals surface area contributed by atoms with E-state index in [4.69, 9.17) is 5.26 Å². The molecular weight excluding hydrogens is 256 g/mol. The topological polar surface area (TPSA) is 36.1 Å². The maximum atomic E-state index is 8.75. The average Bonchev–Trinajstić information content (AvgIpc) is 2.54. The van der Waals surface area contributed by atoms with Crippen molar-refractivity contribution >= 4 is 11.9 Å². The number of aliphatic imine (C=N–C) groups is 1. The Hall–Kier alpha value is -2.40. The number of hydrogen-bond donors (Lipinski definition) is 0. The molecule has 2 aromatic carbocycles. The fraction of sp³-hybridized carbons (Fsp3) is 0.263. The number of rotatable bonds is 5. The van der Waals surface area contributed by atoms with Gasteiger partial charge in [0.05, 0.1) is 17.3 Å². The van der Waals surface area contributed by atoms with Gasteiger partial charge in [-0.3, -0.25) is 4.99 Å². The minimum absolute atomic E-state index is 0.656. The Kier molecular flexibility index (Phi) is 5.29. The van der Waals surface area contributed by atoms with Crippen LogP contribution in [0.2, 0.25) is 0 Å². The van der Waals surface area contributed by atoms with Gasteiger partial charge in [0, 0.05) is 6.21 Å². The summed E-state index contributed by atoms with van der Waals surface area (Å²) in [5.41, 5.74) is 3.98. The molecule has 0 fully saturated rings. The first-order chi connectivity index (χ1) is 10.2.